The van der Waals surface area contributed by atoms with Crippen LogP contribution in [0.4, 0.5) is 0 Å². The number of rotatable bonds is 4. The number of likely N-dealkylation sites (N-methyl/N-ethyl adjacent to an activating group) is 1. The van der Waals surface area contributed by atoms with E-state index in [0.29, 0.717) is 24.5 Å². The van der Waals surface area contributed by atoms with Crippen molar-refractivity contribution in [3.8, 4) is 22.8 Å². The molecule has 0 fully saturated rings. The SMILES string of the molecule is CN(CC1COc2ccccc2O1)C(=O)c1ccc(-c2cncnc2)nc1. The van der Waals surface area contributed by atoms with Crippen LogP contribution in [-0.4, -0.2) is 52.1 Å². The summed E-state index contributed by atoms with van der Waals surface area (Å²) in [6.45, 7) is 0.821. The number of fused-ring (bicyclic) bond motifs is 1. The van der Waals surface area contributed by atoms with E-state index >= 15 is 0 Å². The van der Waals surface area contributed by atoms with Gasteiger partial charge in [-0.2, -0.15) is 0 Å². The quantitative estimate of drug-likeness (QED) is 0.709. The third kappa shape index (κ3) is 3.72. The predicted octanol–water partition coefficient (Wildman–Crippen LogP) is 2.45. The maximum Gasteiger partial charge on any atom is 0.255 e. The van der Waals surface area contributed by atoms with Crippen LogP contribution in [-0.2, 0) is 0 Å². The van der Waals surface area contributed by atoms with Gasteiger partial charge in [-0.1, -0.05) is 12.1 Å². The van der Waals surface area contributed by atoms with Crippen LogP contribution in [0.1, 0.15) is 10.4 Å². The molecule has 2 aromatic heterocycles. The molecule has 0 radical (unpaired) electrons. The Bertz CT molecular complexity index is 931. The molecule has 1 aliphatic rings. The van der Waals surface area contributed by atoms with Crippen LogP contribution in [0.2, 0.25) is 0 Å². The van der Waals surface area contributed by atoms with Gasteiger partial charge in [-0.3, -0.25) is 9.78 Å². The van der Waals surface area contributed by atoms with E-state index in [-0.39, 0.29) is 12.0 Å². The van der Waals surface area contributed by atoms with Gasteiger partial charge in [-0.05, 0) is 24.3 Å². The minimum absolute atomic E-state index is 0.124. The van der Waals surface area contributed by atoms with Gasteiger partial charge >= 0.3 is 0 Å². The Morgan fingerprint density at radius 3 is 2.63 bits per heavy atom. The smallest absolute Gasteiger partial charge is 0.255 e. The second-order valence-corrected chi connectivity index (χ2v) is 6.24. The Kier molecular flexibility index (Phi) is 4.65. The summed E-state index contributed by atoms with van der Waals surface area (Å²) in [5, 5.41) is 0. The molecule has 136 valence electrons. The topological polar surface area (TPSA) is 77.4 Å². The number of aromatic nitrogens is 3. The number of pyridine rings is 1. The number of carbonyl (C=O) groups is 1. The van der Waals surface area contributed by atoms with E-state index in [1.54, 1.807) is 42.7 Å². The zero-order chi connectivity index (χ0) is 18.6. The first-order valence-corrected chi connectivity index (χ1v) is 8.56. The van der Waals surface area contributed by atoms with E-state index in [1.165, 1.54) is 6.33 Å². The van der Waals surface area contributed by atoms with Crippen molar-refractivity contribution in [2.45, 2.75) is 6.10 Å². The van der Waals surface area contributed by atoms with Crippen molar-refractivity contribution in [2.75, 3.05) is 20.2 Å². The molecule has 3 heterocycles. The second-order valence-electron chi connectivity index (χ2n) is 6.24. The lowest BCUT2D eigenvalue weighted by Crippen LogP contribution is -2.41. The molecule has 7 nitrogen and oxygen atoms in total. The summed E-state index contributed by atoms with van der Waals surface area (Å²) < 4.78 is 11.6. The molecule has 27 heavy (non-hydrogen) atoms. The number of hydrogen-bond acceptors (Lipinski definition) is 6. The van der Waals surface area contributed by atoms with E-state index < -0.39 is 0 Å². The average Bonchev–Trinajstić information content (AvgIpc) is 2.74. The minimum Gasteiger partial charge on any atom is -0.486 e. The number of hydrogen-bond donors (Lipinski definition) is 0. The van der Waals surface area contributed by atoms with E-state index in [4.69, 9.17) is 9.47 Å². The molecule has 0 bridgehead atoms. The van der Waals surface area contributed by atoms with E-state index in [2.05, 4.69) is 15.0 Å². The highest BCUT2D eigenvalue weighted by atomic mass is 16.6. The van der Waals surface area contributed by atoms with Crippen molar-refractivity contribution in [3.63, 3.8) is 0 Å². The molecule has 1 unspecified atom stereocenters. The van der Waals surface area contributed by atoms with Crippen LogP contribution in [0, 0.1) is 0 Å². The first-order chi connectivity index (χ1) is 13.2. The third-order valence-electron chi connectivity index (χ3n) is 4.26. The summed E-state index contributed by atoms with van der Waals surface area (Å²) in [5.74, 6) is 1.30. The normalized spacial score (nSPS) is 15.2. The summed E-state index contributed by atoms with van der Waals surface area (Å²) >= 11 is 0. The summed E-state index contributed by atoms with van der Waals surface area (Å²) in [7, 11) is 1.74. The molecule has 0 saturated carbocycles. The monoisotopic (exact) mass is 362 g/mol. The van der Waals surface area contributed by atoms with Gasteiger partial charge in [-0.15, -0.1) is 0 Å². The number of amides is 1. The molecule has 7 heteroatoms. The minimum atomic E-state index is -0.220. The van der Waals surface area contributed by atoms with Crippen LogP contribution in [0.15, 0.2) is 61.3 Å². The van der Waals surface area contributed by atoms with Crippen LogP contribution in [0.5, 0.6) is 11.5 Å². The fourth-order valence-electron chi connectivity index (χ4n) is 2.88. The van der Waals surface area contributed by atoms with Crippen LogP contribution < -0.4 is 9.47 Å². The van der Waals surface area contributed by atoms with E-state index in [9.17, 15) is 4.79 Å². The Hall–Kier alpha value is -3.48. The number of benzene rings is 1. The van der Waals surface area contributed by atoms with Crippen molar-refractivity contribution >= 4 is 5.91 Å². The number of carbonyl (C=O) groups excluding carboxylic acids is 1. The van der Waals surface area contributed by atoms with Gasteiger partial charge in [0, 0.05) is 31.2 Å². The van der Waals surface area contributed by atoms with E-state index in [1.807, 2.05) is 24.3 Å². The van der Waals surface area contributed by atoms with Crippen molar-refractivity contribution in [1.29, 1.82) is 0 Å². The fourth-order valence-corrected chi connectivity index (χ4v) is 2.88. The maximum absolute atomic E-state index is 12.7. The van der Waals surface area contributed by atoms with Gasteiger partial charge in [0.25, 0.3) is 5.91 Å². The van der Waals surface area contributed by atoms with Crippen molar-refractivity contribution in [3.05, 3.63) is 66.9 Å². The molecular formula is C20H18N4O3. The molecule has 0 saturated heterocycles. The first-order valence-electron chi connectivity index (χ1n) is 8.56. The van der Waals surface area contributed by atoms with Crippen molar-refractivity contribution < 1.29 is 14.3 Å². The van der Waals surface area contributed by atoms with Crippen molar-refractivity contribution in [2.24, 2.45) is 0 Å². The van der Waals surface area contributed by atoms with E-state index in [0.717, 1.165) is 17.0 Å². The predicted molar refractivity (Wildman–Crippen MR) is 98.6 cm³/mol. The summed E-state index contributed by atoms with van der Waals surface area (Å²) in [4.78, 5) is 26.6. The van der Waals surface area contributed by atoms with Gasteiger partial charge in [0.2, 0.25) is 0 Å². The molecular weight excluding hydrogens is 344 g/mol. The molecule has 0 aliphatic carbocycles. The highest BCUT2D eigenvalue weighted by Crippen LogP contribution is 2.31. The second kappa shape index (κ2) is 7.41. The van der Waals surface area contributed by atoms with Gasteiger partial charge in [0.1, 0.15) is 12.9 Å². The molecule has 1 atom stereocenters. The van der Waals surface area contributed by atoms with Gasteiger partial charge in [-0.25, -0.2) is 9.97 Å². The average molecular weight is 362 g/mol. The summed E-state index contributed by atoms with van der Waals surface area (Å²) in [6, 6.07) is 11.1. The molecule has 1 aliphatic heterocycles. The van der Waals surface area contributed by atoms with Crippen molar-refractivity contribution in [1.82, 2.24) is 19.9 Å². The Balaban J connectivity index is 1.41. The zero-order valence-electron chi connectivity index (χ0n) is 14.8. The van der Waals surface area contributed by atoms with Gasteiger partial charge in [0.15, 0.2) is 17.6 Å². The lowest BCUT2D eigenvalue weighted by atomic mass is 10.1. The van der Waals surface area contributed by atoms with Gasteiger partial charge in [0.05, 0.1) is 17.8 Å². The fraction of sp³-hybridized carbons (Fsp3) is 0.200. The van der Waals surface area contributed by atoms with Crippen LogP contribution in [0.3, 0.4) is 0 Å². The molecule has 0 N–H and O–H groups in total. The zero-order valence-corrected chi connectivity index (χ0v) is 14.8. The third-order valence-corrected chi connectivity index (χ3v) is 4.26. The number of para-hydroxylation sites is 2. The molecule has 1 aromatic carbocycles. The Labute approximate surface area is 156 Å². The highest BCUT2D eigenvalue weighted by Gasteiger charge is 2.24. The highest BCUT2D eigenvalue weighted by molar-refractivity contribution is 5.94. The maximum atomic E-state index is 12.7. The first kappa shape index (κ1) is 17.0. The lowest BCUT2D eigenvalue weighted by Gasteiger charge is -2.29. The Morgan fingerprint density at radius 2 is 1.89 bits per heavy atom. The van der Waals surface area contributed by atoms with Crippen LogP contribution >= 0.6 is 0 Å². The summed E-state index contributed by atoms with van der Waals surface area (Å²) in [6.07, 6.45) is 6.17. The largest absolute Gasteiger partial charge is 0.486 e. The molecule has 3 aromatic rings. The van der Waals surface area contributed by atoms with Crippen LogP contribution in [0.25, 0.3) is 11.3 Å². The Morgan fingerprint density at radius 1 is 1.11 bits per heavy atom. The number of ether oxygens (including phenoxy) is 2. The molecule has 0 spiro atoms. The summed E-state index contributed by atoms with van der Waals surface area (Å²) in [5.41, 5.74) is 2.03. The molecule has 4 rings (SSSR count). The van der Waals surface area contributed by atoms with Gasteiger partial charge < -0.3 is 14.4 Å². The molecule has 1 amide bonds. The number of nitrogens with zero attached hydrogens (tertiary/aromatic N) is 4. The lowest BCUT2D eigenvalue weighted by molar-refractivity contribution is 0.0520. The standard InChI is InChI=1S/C20H18N4O3/c1-24(11-16-12-26-18-4-2-3-5-19(18)27-16)20(25)14-6-7-17(23-10-14)15-8-21-13-22-9-15/h2-10,13,16H,11-12H2,1H3.